The molecule has 0 unspecified atom stereocenters. The summed E-state index contributed by atoms with van der Waals surface area (Å²) in [6.07, 6.45) is 9.81. The van der Waals surface area contributed by atoms with Crippen LogP contribution in [0.25, 0.3) is 39.7 Å². The van der Waals surface area contributed by atoms with Gasteiger partial charge < -0.3 is 9.88 Å². The zero-order valence-electron chi connectivity index (χ0n) is 22.6. The van der Waals surface area contributed by atoms with Gasteiger partial charge in [-0.2, -0.15) is 0 Å². The van der Waals surface area contributed by atoms with Crippen LogP contribution in [-0.2, 0) is 24.3 Å². The van der Waals surface area contributed by atoms with E-state index in [1.807, 2.05) is 61.1 Å². The highest BCUT2D eigenvalue weighted by Crippen LogP contribution is 2.34. The van der Waals surface area contributed by atoms with E-state index in [9.17, 15) is 4.79 Å². The predicted molar refractivity (Wildman–Crippen MR) is 157 cm³/mol. The van der Waals surface area contributed by atoms with Crippen LogP contribution in [0.1, 0.15) is 30.7 Å². The maximum Gasteiger partial charge on any atom is 0.247 e. The first-order chi connectivity index (χ1) is 19.5. The number of nitrogens with zero attached hydrogens (tertiary/aromatic N) is 5. The second-order valence-electron chi connectivity index (χ2n) is 10.5. The van der Waals surface area contributed by atoms with E-state index in [0.29, 0.717) is 18.9 Å². The second kappa shape index (κ2) is 11.1. The van der Waals surface area contributed by atoms with Gasteiger partial charge in [0.1, 0.15) is 6.33 Å². The lowest BCUT2D eigenvalue weighted by atomic mass is 9.98. The number of pyridine rings is 2. The Hall–Kier alpha value is -4.91. The van der Waals surface area contributed by atoms with Gasteiger partial charge in [0.2, 0.25) is 5.91 Å². The first kappa shape index (κ1) is 25.4. The molecule has 198 valence electrons. The first-order valence-electron chi connectivity index (χ1n) is 13.5. The monoisotopic (exact) mass is 526 g/mol. The summed E-state index contributed by atoms with van der Waals surface area (Å²) in [6.45, 7) is 5.73. The number of nitrogens with one attached hydrogen (secondary N) is 1. The Kier molecular flexibility index (Phi) is 7.02. The quantitative estimate of drug-likeness (QED) is 0.269. The molecule has 0 atom stereocenters. The molecule has 0 aliphatic heterocycles. The first-order valence-corrected chi connectivity index (χ1v) is 13.5. The topological polar surface area (TPSA) is 85.6 Å². The Morgan fingerprint density at radius 1 is 0.950 bits per heavy atom. The van der Waals surface area contributed by atoms with Gasteiger partial charge in [-0.15, -0.1) is 10.2 Å². The van der Waals surface area contributed by atoms with E-state index in [0.717, 1.165) is 62.6 Å². The van der Waals surface area contributed by atoms with Gasteiger partial charge in [-0.05, 0) is 40.8 Å². The second-order valence-corrected chi connectivity index (χ2v) is 10.5. The number of amides is 1. The van der Waals surface area contributed by atoms with E-state index in [2.05, 4.69) is 74.2 Å². The number of fused-ring (bicyclic) bond motifs is 1. The number of hydrogen-bond donors (Lipinski definition) is 1. The molecular weight excluding hydrogens is 496 g/mol. The minimum atomic E-state index is -0.0657. The fourth-order valence-electron chi connectivity index (χ4n) is 5.08. The lowest BCUT2D eigenvalue weighted by Crippen LogP contribution is -2.24. The summed E-state index contributed by atoms with van der Waals surface area (Å²) < 4.78 is 2.09. The molecule has 40 heavy (non-hydrogen) atoms. The highest BCUT2D eigenvalue weighted by atomic mass is 16.1. The lowest BCUT2D eigenvalue weighted by Gasteiger charge is -2.11. The Bertz CT molecular complexity index is 1690. The molecule has 0 radical (unpaired) electrons. The van der Waals surface area contributed by atoms with Crippen LogP contribution in [0.15, 0.2) is 97.2 Å². The van der Waals surface area contributed by atoms with Gasteiger partial charge >= 0.3 is 0 Å². The predicted octanol–water partition coefficient (Wildman–Crippen LogP) is 5.98. The average Bonchev–Trinajstić information content (AvgIpc) is 3.63. The highest BCUT2D eigenvalue weighted by molar-refractivity contribution is 6.01. The van der Waals surface area contributed by atoms with E-state index in [1.54, 1.807) is 6.33 Å². The molecule has 5 aromatic rings. The van der Waals surface area contributed by atoms with Crippen molar-refractivity contribution in [2.75, 3.05) is 0 Å². The third kappa shape index (κ3) is 5.31. The molecule has 1 N–H and O–H groups in total. The van der Waals surface area contributed by atoms with E-state index >= 15 is 0 Å². The van der Waals surface area contributed by atoms with Crippen molar-refractivity contribution in [3.8, 4) is 33.6 Å². The van der Waals surface area contributed by atoms with Gasteiger partial charge in [-0.3, -0.25) is 14.8 Å². The molecule has 0 fully saturated rings. The molecule has 7 heteroatoms. The number of carbonyl (C=O) groups excluding carboxylic acids is 1. The van der Waals surface area contributed by atoms with Crippen molar-refractivity contribution in [1.29, 1.82) is 0 Å². The minimum Gasteiger partial charge on any atom is -0.348 e. The molecule has 1 aliphatic carbocycles. The summed E-state index contributed by atoms with van der Waals surface area (Å²) in [4.78, 5) is 22.1. The van der Waals surface area contributed by atoms with Crippen molar-refractivity contribution in [3.05, 3.63) is 114 Å². The highest BCUT2D eigenvalue weighted by Gasteiger charge is 2.22. The number of benzene rings is 2. The SMILES string of the molecule is CC(C)Cn1cnnc1-c1ccc(-c2cncc(-c3ccnc4c3C=C(C(=O)NCc3ccccc3)C4)c2)cc1. The Morgan fingerprint density at radius 2 is 1.73 bits per heavy atom. The molecule has 0 saturated carbocycles. The van der Waals surface area contributed by atoms with Gasteiger partial charge in [0.15, 0.2) is 5.82 Å². The summed E-state index contributed by atoms with van der Waals surface area (Å²) in [5.41, 5.74) is 8.78. The molecule has 1 amide bonds. The Labute approximate surface area is 233 Å². The van der Waals surface area contributed by atoms with Gasteiger partial charge in [0.25, 0.3) is 0 Å². The van der Waals surface area contributed by atoms with E-state index in [4.69, 9.17) is 0 Å². The molecule has 3 aromatic heterocycles. The van der Waals surface area contributed by atoms with Gasteiger partial charge in [-0.1, -0.05) is 68.4 Å². The molecule has 0 spiro atoms. The molecule has 6 rings (SSSR count). The molecular formula is C33H30N6O. The molecule has 7 nitrogen and oxygen atoms in total. The van der Waals surface area contributed by atoms with Crippen molar-refractivity contribution in [1.82, 2.24) is 30.0 Å². The van der Waals surface area contributed by atoms with Crippen molar-refractivity contribution >= 4 is 12.0 Å². The van der Waals surface area contributed by atoms with Crippen LogP contribution in [0.4, 0.5) is 0 Å². The third-order valence-electron chi connectivity index (χ3n) is 7.04. The molecule has 2 aromatic carbocycles. The van der Waals surface area contributed by atoms with Gasteiger partial charge in [-0.25, -0.2) is 0 Å². The largest absolute Gasteiger partial charge is 0.348 e. The van der Waals surface area contributed by atoms with E-state index in [1.165, 1.54) is 0 Å². The zero-order valence-corrected chi connectivity index (χ0v) is 22.6. The van der Waals surface area contributed by atoms with E-state index in [-0.39, 0.29) is 5.91 Å². The van der Waals surface area contributed by atoms with Crippen LogP contribution < -0.4 is 5.32 Å². The maximum atomic E-state index is 12.9. The van der Waals surface area contributed by atoms with Gasteiger partial charge in [0, 0.05) is 65.9 Å². The number of hydrogen-bond acceptors (Lipinski definition) is 5. The fourth-order valence-corrected chi connectivity index (χ4v) is 5.08. The normalized spacial score (nSPS) is 12.3. The molecule has 0 saturated heterocycles. The van der Waals surface area contributed by atoms with Crippen LogP contribution >= 0.6 is 0 Å². The minimum absolute atomic E-state index is 0.0657. The Morgan fingerprint density at radius 3 is 2.52 bits per heavy atom. The summed E-state index contributed by atoms with van der Waals surface area (Å²) in [5, 5.41) is 11.5. The van der Waals surface area contributed by atoms with E-state index < -0.39 is 0 Å². The standard InChI is InChI=1S/C33H30N6O/c1-22(2)20-39-21-37-38-32(39)25-10-8-24(9-11-25)27-14-28(19-34-18-27)29-12-13-35-31-16-26(15-30(29)31)33(40)36-17-23-6-4-3-5-7-23/h3-15,18-19,21-22H,16-17,20H2,1-2H3,(H,36,40). The van der Waals surface area contributed by atoms with Crippen molar-refractivity contribution in [2.24, 2.45) is 5.92 Å². The molecule has 0 bridgehead atoms. The average molecular weight is 527 g/mol. The lowest BCUT2D eigenvalue weighted by molar-refractivity contribution is -0.117. The number of carbonyl (C=O) groups is 1. The fraction of sp³-hybridized carbons (Fsp3) is 0.182. The summed E-state index contributed by atoms with van der Waals surface area (Å²) in [7, 11) is 0. The smallest absolute Gasteiger partial charge is 0.247 e. The van der Waals surface area contributed by atoms with Crippen molar-refractivity contribution in [2.45, 2.75) is 33.4 Å². The maximum absolute atomic E-state index is 12.9. The van der Waals surface area contributed by atoms with Crippen LogP contribution in [0, 0.1) is 5.92 Å². The van der Waals surface area contributed by atoms with Crippen LogP contribution in [0.3, 0.4) is 0 Å². The Balaban J connectivity index is 1.23. The number of aromatic nitrogens is 5. The van der Waals surface area contributed by atoms with Crippen LogP contribution in [0.2, 0.25) is 0 Å². The molecule has 1 aliphatic rings. The third-order valence-corrected chi connectivity index (χ3v) is 7.04. The van der Waals surface area contributed by atoms with Crippen LogP contribution in [0.5, 0.6) is 0 Å². The summed E-state index contributed by atoms with van der Waals surface area (Å²) in [5.74, 6) is 1.31. The van der Waals surface area contributed by atoms with Crippen LogP contribution in [-0.4, -0.2) is 30.6 Å². The summed E-state index contributed by atoms with van der Waals surface area (Å²) >= 11 is 0. The summed E-state index contributed by atoms with van der Waals surface area (Å²) in [6, 6.07) is 22.4. The molecule has 3 heterocycles. The van der Waals surface area contributed by atoms with Crippen molar-refractivity contribution < 1.29 is 4.79 Å². The van der Waals surface area contributed by atoms with Gasteiger partial charge in [0.05, 0.1) is 5.69 Å². The zero-order chi connectivity index (χ0) is 27.5. The number of rotatable bonds is 8. The van der Waals surface area contributed by atoms with Crippen molar-refractivity contribution in [3.63, 3.8) is 0 Å².